The monoisotopic (exact) mass is 288 g/mol. The third kappa shape index (κ3) is 4.72. The van der Waals surface area contributed by atoms with Gasteiger partial charge in [0.15, 0.2) is 0 Å². The van der Waals surface area contributed by atoms with Gasteiger partial charge < -0.3 is 16.8 Å². The van der Waals surface area contributed by atoms with Gasteiger partial charge in [-0.25, -0.2) is 0 Å². The first kappa shape index (κ1) is 17.1. The van der Waals surface area contributed by atoms with Crippen LogP contribution in [-0.2, 0) is 0 Å². The summed E-state index contributed by atoms with van der Waals surface area (Å²) in [6, 6.07) is 4.09. The molecule has 0 aliphatic rings. The van der Waals surface area contributed by atoms with Crippen molar-refractivity contribution in [3.8, 4) is 0 Å². The number of nitro groups is 1. The number of nitrogens with two attached hydrogens (primary N) is 2. The lowest BCUT2D eigenvalue weighted by Gasteiger charge is -2.19. The van der Waals surface area contributed by atoms with Crippen LogP contribution in [0.4, 0.5) is 11.4 Å². The highest BCUT2D eigenvalue weighted by molar-refractivity contribution is 6.01. The van der Waals surface area contributed by atoms with Gasteiger partial charge in [0.1, 0.15) is 5.69 Å². The molecule has 1 rings (SSSR count). The zero-order chi connectivity index (χ0) is 13.9. The number of rotatable bonds is 4. The SMILES string of the molecule is CC(C)(N)CNC(=O)c1cccc([N+](=O)[O-])c1N.Cl. The van der Waals surface area contributed by atoms with E-state index in [4.69, 9.17) is 11.5 Å². The smallest absolute Gasteiger partial charge is 0.292 e. The van der Waals surface area contributed by atoms with E-state index in [9.17, 15) is 14.9 Å². The fourth-order valence-corrected chi connectivity index (χ4v) is 1.31. The van der Waals surface area contributed by atoms with E-state index in [1.807, 2.05) is 0 Å². The van der Waals surface area contributed by atoms with Crippen LogP contribution in [0, 0.1) is 10.1 Å². The van der Waals surface area contributed by atoms with Crippen LogP contribution in [0.25, 0.3) is 0 Å². The molecule has 0 saturated carbocycles. The van der Waals surface area contributed by atoms with Gasteiger partial charge in [0, 0.05) is 18.2 Å². The average molecular weight is 289 g/mol. The molecule has 0 atom stereocenters. The number of para-hydroxylation sites is 1. The van der Waals surface area contributed by atoms with Crippen molar-refractivity contribution < 1.29 is 9.72 Å². The summed E-state index contributed by atoms with van der Waals surface area (Å²) < 4.78 is 0. The van der Waals surface area contributed by atoms with Crippen LogP contribution in [0.1, 0.15) is 24.2 Å². The summed E-state index contributed by atoms with van der Waals surface area (Å²) in [6.07, 6.45) is 0. The Morgan fingerprint density at radius 3 is 2.53 bits per heavy atom. The zero-order valence-electron chi connectivity index (χ0n) is 10.7. The first-order valence-electron chi connectivity index (χ1n) is 5.32. The molecular weight excluding hydrogens is 272 g/mol. The van der Waals surface area contributed by atoms with Crippen LogP contribution in [-0.4, -0.2) is 22.9 Å². The van der Waals surface area contributed by atoms with Crippen LogP contribution in [0.5, 0.6) is 0 Å². The predicted molar refractivity (Wildman–Crippen MR) is 75.4 cm³/mol. The van der Waals surface area contributed by atoms with E-state index in [1.165, 1.54) is 18.2 Å². The lowest BCUT2D eigenvalue weighted by molar-refractivity contribution is -0.383. The van der Waals surface area contributed by atoms with Crippen LogP contribution >= 0.6 is 12.4 Å². The summed E-state index contributed by atoms with van der Waals surface area (Å²) in [5.41, 5.74) is 10.4. The second-order valence-corrected chi connectivity index (χ2v) is 4.67. The van der Waals surface area contributed by atoms with E-state index in [1.54, 1.807) is 13.8 Å². The molecular formula is C11H17ClN4O3. The van der Waals surface area contributed by atoms with E-state index in [2.05, 4.69) is 5.32 Å². The molecule has 8 heteroatoms. The number of amides is 1. The molecule has 5 N–H and O–H groups in total. The fourth-order valence-electron chi connectivity index (χ4n) is 1.31. The Kier molecular flexibility index (Phi) is 5.73. The molecule has 1 amide bonds. The topological polar surface area (TPSA) is 124 Å². The predicted octanol–water partition coefficient (Wildman–Crippen LogP) is 1.07. The minimum absolute atomic E-state index is 0. The van der Waals surface area contributed by atoms with E-state index < -0.39 is 16.4 Å². The highest BCUT2D eigenvalue weighted by Crippen LogP contribution is 2.24. The van der Waals surface area contributed by atoms with Crippen molar-refractivity contribution in [2.24, 2.45) is 5.73 Å². The molecule has 0 fully saturated rings. The number of anilines is 1. The van der Waals surface area contributed by atoms with E-state index in [-0.39, 0.29) is 35.9 Å². The van der Waals surface area contributed by atoms with Crippen molar-refractivity contribution in [3.63, 3.8) is 0 Å². The quantitative estimate of drug-likeness (QED) is 0.434. The lowest BCUT2D eigenvalue weighted by atomic mass is 10.1. The number of hydrogen-bond acceptors (Lipinski definition) is 5. The van der Waals surface area contributed by atoms with Gasteiger partial charge in [-0.1, -0.05) is 6.07 Å². The Hall–Kier alpha value is -1.86. The molecule has 0 bridgehead atoms. The standard InChI is InChI=1S/C11H16N4O3.ClH/c1-11(2,13)6-14-10(16)7-4-3-5-8(9(7)12)15(17)18;/h3-5H,6,12-13H2,1-2H3,(H,14,16);1H. The van der Waals surface area contributed by atoms with Crippen molar-refractivity contribution in [3.05, 3.63) is 33.9 Å². The fraction of sp³-hybridized carbons (Fsp3) is 0.364. The number of nitrogen functional groups attached to an aromatic ring is 1. The maximum absolute atomic E-state index is 11.8. The average Bonchev–Trinajstić information content (AvgIpc) is 2.24. The third-order valence-corrected chi connectivity index (χ3v) is 2.23. The van der Waals surface area contributed by atoms with Crippen LogP contribution in [0.2, 0.25) is 0 Å². The summed E-state index contributed by atoms with van der Waals surface area (Å²) in [5.74, 6) is -0.477. The van der Waals surface area contributed by atoms with Crippen molar-refractivity contribution in [1.82, 2.24) is 5.32 Å². The van der Waals surface area contributed by atoms with E-state index in [0.717, 1.165) is 0 Å². The molecule has 19 heavy (non-hydrogen) atoms. The summed E-state index contributed by atoms with van der Waals surface area (Å²) in [6.45, 7) is 3.75. The number of nitro benzene ring substituents is 1. The summed E-state index contributed by atoms with van der Waals surface area (Å²) >= 11 is 0. The molecule has 0 aliphatic heterocycles. The Bertz CT molecular complexity index is 485. The largest absolute Gasteiger partial charge is 0.393 e. The van der Waals surface area contributed by atoms with Crippen molar-refractivity contribution in [2.75, 3.05) is 12.3 Å². The van der Waals surface area contributed by atoms with Crippen LogP contribution in [0.3, 0.4) is 0 Å². The summed E-state index contributed by atoms with van der Waals surface area (Å²) in [7, 11) is 0. The maximum Gasteiger partial charge on any atom is 0.292 e. The molecule has 0 spiro atoms. The lowest BCUT2D eigenvalue weighted by Crippen LogP contribution is -2.45. The van der Waals surface area contributed by atoms with E-state index >= 15 is 0 Å². The minimum Gasteiger partial charge on any atom is -0.393 e. The highest BCUT2D eigenvalue weighted by Gasteiger charge is 2.20. The van der Waals surface area contributed by atoms with Gasteiger partial charge in [0.25, 0.3) is 11.6 Å². The first-order valence-corrected chi connectivity index (χ1v) is 5.32. The Labute approximate surface area is 116 Å². The first-order chi connectivity index (χ1) is 8.22. The molecule has 1 aromatic rings. The normalized spacial score (nSPS) is 10.5. The Morgan fingerprint density at radius 1 is 1.47 bits per heavy atom. The minimum atomic E-state index is -0.626. The molecule has 7 nitrogen and oxygen atoms in total. The molecule has 0 aliphatic carbocycles. The summed E-state index contributed by atoms with van der Waals surface area (Å²) in [5, 5.41) is 13.3. The second-order valence-electron chi connectivity index (χ2n) is 4.67. The van der Waals surface area contributed by atoms with Gasteiger partial charge in [0.05, 0.1) is 10.5 Å². The van der Waals surface area contributed by atoms with E-state index in [0.29, 0.717) is 0 Å². The maximum atomic E-state index is 11.8. The molecule has 1 aromatic carbocycles. The van der Waals surface area contributed by atoms with Crippen molar-refractivity contribution >= 4 is 29.7 Å². The number of hydrogen-bond donors (Lipinski definition) is 3. The van der Waals surface area contributed by atoms with Gasteiger partial charge >= 0.3 is 0 Å². The number of benzene rings is 1. The molecule has 0 aromatic heterocycles. The number of halogens is 1. The van der Waals surface area contributed by atoms with Gasteiger partial charge in [-0.15, -0.1) is 12.4 Å². The van der Waals surface area contributed by atoms with Gasteiger partial charge in [-0.2, -0.15) is 0 Å². The van der Waals surface area contributed by atoms with Crippen molar-refractivity contribution in [2.45, 2.75) is 19.4 Å². The Morgan fingerprint density at radius 2 is 2.05 bits per heavy atom. The number of nitrogens with one attached hydrogen (secondary N) is 1. The number of nitrogens with zero attached hydrogens (tertiary/aromatic N) is 1. The van der Waals surface area contributed by atoms with Gasteiger partial charge in [-0.05, 0) is 19.9 Å². The number of carbonyl (C=O) groups excluding carboxylic acids is 1. The molecule has 0 saturated heterocycles. The molecule has 0 unspecified atom stereocenters. The Balaban J connectivity index is 0.00000324. The van der Waals surface area contributed by atoms with Crippen LogP contribution < -0.4 is 16.8 Å². The highest BCUT2D eigenvalue weighted by atomic mass is 35.5. The molecule has 0 radical (unpaired) electrons. The van der Waals surface area contributed by atoms with Crippen LogP contribution in [0.15, 0.2) is 18.2 Å². The molecule has 106 valence electrons. The van der Waals surface area contributed by atoms with Gasteiger partial charge in [0.2, 0.25) is 0 Å². The number of carbonyl (C=O) groups is 1. The zero-order valence-corrected chi connectivity index (χ0v) is 11.5. The second kappa shape index (κ2) is 6.35. The summed E-state index contributed by atoms with van der Waals surface area (Å²) in [4.78, 5) is 21.9. The molecule has 0 heterocycles. The van der Waals surface area contributed by atoms with Crippen molar-refractivity contribution in [1.29, 1.82) is 0 Å². The third-order valence-electron chi connectivity index (χ3n) is 2.23. The van der Waals surface area contributed by atoms with Gasteiger partial charge in [-0.3, -0.25) is 14.9 Å².